The van der Waals surface area contributed by atoms with Gasteiger partial charge in [-0.15, -0.1) is 0 Å². The second-order valence-electron chi connectivity index (χ2n) is 9.21. The Labute approximate surface area is 234 Å². The number of halogens is 2. The maximum absolute atomic E-state index is 13.9. The number of rotatable bonds is 5. The van der Waals surface area contributed by atoms with Gasteiger partial charge in [-0.1, -0.05) is 23.2 Å². The van der Waals surface area contributed by atoms with Crippen LogP contribution in [0.25, 0.3) is 5.69 Å². The molecule has 2 N–H and O–H groups in total. The molecule has 0 aliphatic carbocycles. The van der Waals surface area contributed by atoms with Crippen LogP contribution in [0.4, 0.5) is 11.8 Å². The number of amides is 2. The van der Waals surface area contributed by atoms with Gasteiger partial charge < -0.3 is 15.5 Å². The smallest absolute Gasteiger partial charge is 0.263 e. The summed E-state index contributed by atoms with van der Waals surface area (Å²) in [7, 11) is 3.32. The summed E-state index contributed by atoms with van der Waals surface area (Å²) in [6.07, 6.45) is 1.94. The van der Waals surface area contributed by atoms with Gasteiger partial charge in [0, 0.05) is 42.9 Å². The van der Waals surface area contributed by atoms with Crippen molar-refractivity contribution in [2.75, 3.05) is 12.4 Å². The molecule has 0 saturated carbocycles. The molecule has 0 radical (unpaired) electrons. The Bertz CT molecular complexity index is 1650. The molecular weight excluding hydrogens is 541 g/mol. The van der Waals surface area contributed by atoms with Crippen LogP contribution in [0.15, 0.2) is 59.5 Å². The number of aromatic nitrogens is 4. The van der Waals surface area contributed by atoms with Gasteiger partial charge in [0.05, 0.1) is 34.2 Å². The van der Waals surface area contributed by atoms with E-state index < -0.39 is 0 Å². The predicted octanol–water partition coefficient (Wildman–Crippen LogP) is 3.96. The summed E-state index contributed by atoms with van der Waals surface area (Å²) in [5.74, 6) is 0.409. The van der Waals surface area contributed by atoms with Gasteiger partial charge in [0.2, 0.25) is 5.95 Å². The molecule has 10 nitrogen and oxygen atoms in total. The third-order valence-corrected chi connectivity index (χ3v) is 7.46. The summed E-state index contributed by atoms with van der Waals surface area (Å²) < 4.78 is 3.09. The standard InChI is InChI=1S/C27H25Cl2N7O3/c1-15-12-19-22(14-35(15)25(38)17-6-9-20(28)21(29)13-17)32-27(33-23-10-11-31-34(23)3)36(26(19)39)18-7-4-16(5-8-18)24(37)30-2/h4-11,13,15H,12,14H2,1-3H3,(H,30,37)(H,32,33)/t15-/m1/s1. The van der Waals surface area contributed by atoms with Crippen LogP contribution in [-0.2, 0) is 20.0 Å². The second kappa shape index (κ2) is 10.5. The molecule has 2 aromatic carbocycles. The zero-order chi connectivity index (χ0) is 27.8. The number of fused-ring (bicyclic) bond motifs is 1. The first-order valence-electron chi connectivity index (χ1n) is 12.2. The number of hydrogen-bond donors (Lipinski definition) is 2. The monoisotopic (exact) mass is 565 g/mol. The van der Waals surface area contributed by atoms with Gasteiger partial charge in [0.15, 0.2) is 0 Å². The Kier molecular flexibility index (Phi) is 7.16. The number of anilines is 2. The lowest BCUT2D eigenvalue weighted by Gasteiger charge is -2.34. The van der Waals surface area contributed by atoms with Crippen molar-refractivity contribution in [1.29, 1.82) is 0 Å². The quantitative estimate of drug-likeness (QED) is 0.378. The second-order valence-corrected chi connectivity index (χ2v) is 10.0. The van der Waals surface area contributed by atoms with Crippen LogP contribution in [-0.4, -0.2) is 49.1 Å². The van der Waals surface area contributed by atoms with Gasteiger partial charge in [-0.25, -0.2) is 9.55 Å². The van der Waals surface area contributed by atoms with Gasteiger partial charge >= 0.3 is 0 Å². The van der Waals surface area contributed by atoms with Crippen molar-refractivity contribution in [3.05, 3.63) is 97.5 Å². The van der Waals surface area contributed by atoms with E-state index in [1.54, 1.807) is 72.3 Å². The molecule has 0 fully saturated rings. The molecule has 39 heavy (non-hydrogen) atoms. The number of aryl methyl sites for hydroxylation is 1. The van der Waals surface area contributed by atoms with Crippen LogP contribution in [0, 0.1) is 0 Å². The highest BCUT2D eigenvalue weighted by Gasteiger charge is 2.32. The first-order chi connectivity index (χ1) is 18.7. The fraction of sp³-hybridized carbons (Fsp3) is 0.222. The molecule has 0 spiro atoms. The highest BCUT2D eigenvalue weighted by molar-refractivity contribution is 6.42. The first kappa shape index (κ1) is 26.5. The molecule has 0 saturated heterocycles. The van der Waals surface area contributed by atoms with Crippen LogP contribution in [0.2, 0.25) is 10.0 Å². The zero-order valence-corrected chi connectivity index (χ0v) is 22.9. The van der Waals surface area contributed by atoms with E-state index in [0.717, 1.165) is 0 Å². The number of carbonyl (C=O) groups is 2. The molecule has 3 heterocycles. The molecule has 12 heteroatoms. The molecule has 0 unspecified atom stereocenters. The van der Waals surface area contributed by atoms with Crippen molar-refractivity contribution in [3.63, 3.8) is 0 Å². The minimum absolute atomic E-state index is 0.140. The van der Waals surface area contributed by atoms with E-state index in [1.165, 1.54) is 10.6 Å². The Morgan fingerprint density at radius 3 is 2.38 bits per heavy atom. The third kappa shape index (κ3) is 5.00. The predicted molar refractivity (Wildman–Crippen MR) is 149 cm³/mol. The van der Waals surface area contributed by atoms with Crippen molar-refractivity contribution < 1.29 is 9.59 Å². The van der Waals surface area contributed by atoms with Crippen molar-refractivity contribution in [3.8, 4) is 5.69 Å². The van der Waals surface area contributed by atoms with E-state index in [9.17, 15) is 14.4 Å². The summed E-state index contributed by atoms with van der Waals surface area (Å²) >= 11 is 12.2. The Morgan fingerprint density at radius 2 is 1.74 bits per heavy atom. The third-order valence-electron chi connectivity index (χ3n) is 6.72. The van der Waals surface area contributed by atoms with Crippen molar-refractivity contribution in [2.45, 2.75) is 25.9 Å². The summed E-state index contributed by atoms with van der Waals surface area (Å²) in [6, 6.07) is 12.9. The van der Waals surface area contributed by atoms with E-state index >= 15 is 0 Å². The molecule has 2 amide bonds. The lowest BCUT2D eigenvalue weighted by Crippen LogP contribution is -2.46. The van der Waals surface area contributed by atoms with Gasteiger partial charge in [0.25, 0.3) is 17.4 Å². The summed E-state index contributed by atoms with van der Waals surface area (Å²) in [5, 5.41) is 10.6. The molecule has 0 bridgehead atoms. The van der Waals surface area contributed by atoms with Crippen LogP contribution in [0.5, 0.6) is 0 Å². The molecule has 4 aromatic rings. The summed E-state index contributed by atoms with van der Waals surface area (Å²) in [6.45, 7) is 2.03. The molecule has 1 atom stereocenters. The number of nitrogens with one attached hydrogen (secondary N) is 2. The van der Waals surface area contributed by atoms with Crippen molar-refractivity contribution in [1.82, 2.24) is 29.5 Å². The maximum Gasteiger partial charge on any atom is 0.263 e. The number of hydrogen-bond acceptors (Lipinski definition) is 6. The minimum atomic E-state index is -0.270. The highest BCUT2D eigenvalue weighted by atomic mass is 35.5. The lowest BCUT2D eigenvalue weighted by atomic mass is 9.98. The molecule has 2 aromatic heterocycles. The minimum Gasteiger partial charge on any atom is -0.355 e. The number of benzene rings is 2. The normalized spacial score (nSPS) is 14.6. The van der Waals surface area contributed by atoms with E-state index in [4.69, 9.17) is 28.2 Å². The summed E-state index contributed by atoms with van der Waals surface area (Å²) in [4.78, 5) is 45.9. The average Bonchev–Trinajstić information content (AvgIpc) is 3.34. The van der Waals surface area contributed by atoms with Gasteiger partial charge in [-0.3, -0.25) is 19.1 Å². The lowest BCUT2D eigenvalue weighted by molar-refractivity contribution is 0.0653. The summed E-state index contributed by atoms with van der Waals surface area (Å²) in [5.41, 5.74) is 2.16. The molecular formula is C27H25Cl2N7O3. The van der Waals surface area contributed by atoms with Crippen LogP contribution in [0.1, 0.15) is 38.9 Å². The zero-order valence-electron chi connectivity index (χ0n) is 21.4. The first-order valence-corrected chi connectivity index (χ1v) is 12.9. The number of nitrogens with zero attached hydrogens (tertiary/aromatic N) is 5. The largest absolute Gasteiger partial charge is 0.355 e. The SMILES string of the molecule is CNC(=O)c1ccc(-n2c(Nc3ccnn3C)nc3c(c2=O)C[C@@H](C)N(C(=O)c2ccc(Cl)c(Cl)c2)C3)cc1. The van der Waals surface area contributed by atoms with E-state index in [0.29, 0.717) is 50.4 Å². The van der Waals surface area contributed by atoms with E-state index in [-0.39, 0.29) is 35.9 Å². The average molecular weight is 566 g/mol. The van der Waals surface area contributed by atoms with Crippen molar-refractivity contribution >= 4 is 46.8 Å². The fourth-order valence-electron chi connectivity index (χ4n) is 4.57. The number of carbonyl (C=O) groups excluding carboxylic acids is 2. The highest BCUT2D eigenvalue weighted by Crippen LogP contribution is 2.28. The maximum atomic E-state index is 13.9. The molecule has 5 rings (SSSR count). The molecule has 1 aliphatic heterocycles. The Balaban J connectivity index is 1.58. The van der Waals surface area contributed by atoms with Crippen LogP contribution >= 0.6 is 23.2 Å². The van der Waals surface area contributed by atoms with Crippen molar-refractivity contribution in [2.24, 2.45) is 7.05 Å². The van der Waals surface area contributed by atoms with Gasteiger partial charge in [0.1, 0.15) is 5.82 Å². The van der Waals surface area contributed by atoms with Gasteiger partial charge in [-0.2, -0.15) is 5.10 Å². The van der Waals surface area contributed by atoms with Gasteiger partial charge in [-0.05, 0) is 55.8 Å². The Morgan fingerprint density at radius 1 is 1.03 bits per heavy atom. The van der Waals surface area contributed by atoms with E-state index in [2.05, 4.69) is 15.7 Å². The molecule has 200 valence electrons. The topological polar surface area (TPSA) is 114 Å². The van der Waals surface area contributed by atoms with Crippen LogP contribution < -0.4 is 16.2 Å². The van der Waals surface area contributed by atoms with Crippen LogP contribution in [0.3, 0.4) is 0 Å². The molecule has 1 aliphatic rings. The fourth-order valence-corrected chi connectivity index (χ4v) is 4.86. The van der Waals surface area contributed by atoms with E-state index in [1.807, 2.05) is 6.92 Å². The Hall–Kier alpha value is -4.15.